The molecule has 0 fully saturated rings. The largest absolute Gasteiger partial charge is 0.465 e. The number of carbonyl (C=O) groups is 2. The highest BCUT2D eigenvalue weighted by Crippen LogP contribution is 2.15. The number of alkyl carbamates (subject to hydrolysis) is 1. The summed E-state index contributed by atoms with van der Waals surface area (Å²) in [6, 6.07) is 6.32. The number of ether oxygens (including phenoxy) is 2. The van der Waals surface area contributed by atoms with E-state index in [-0.39, 0.29) is 12.6 Å². The highest BCUT2D eigenvalue weighted by Gasteiger charge is 2.20. The molecule has 1 aromatic rings. The first-order valence-electron chi connectivity index (χ1n) is 6.64. The van der Waals surface area contributed by atoms with E-state index in [9.17, 15) is 9.59 Å². The van der Waals surface area contributed by atoms with Gasteiger partial charge in [0.1, 0.15) is 5.60 Å². The van der Waals surface area contributed by atoms with Crippen LogP contribution in [0.2, 0.25) is 0 Å². The van der Waals surface area contributed by atoms with Crippen LogP contribution in [0.1, 0.15) is 42.7 Å². The van der Waals surface area contributed by atoms with Crippen LogP contribution >= 0.6 is 0 Å². The highest BCUT2D eigenvalue weighted by atomic mass is 16.6. The van der Waals surface area contributed by atoms with Crippen molar-refractivity contribution in [3.05, 3.63) is 35.4 Å². The van der Waals surface area contributed by atoms with Crippen molar-refractivity contribution >= 4 is 12.1 Å². The Morgan fingerprint density at radius 2 is 1.81 bits per heavy atom. The van der Waals surface area contributed by atoms with Gasteiger partial charge in [0, 0.05) is 6.54 Å². The zero-order valence-electron chi connectivity index (χ0n) is 12.8. The van der Waals surface area contributed by atoms with Crippen molar-refractivity contribution in [1.29, 1.82) is 0 Å². The summed E-state index contributed by atoms with van der Waals surface area (Å²) in [5.74, 6) is -0.411. The van der Waals surface area contributed by atoms with Gasteiger partial charge in [0.05, 0.1) is 18.7 Å². The fraction of sp³-hybridized carbons (Fsp3) is 0.467. The van der Waals surface area contributed by atoms with Gasteiger partial charge in [-0.2, -0.15) is 0 Å². The quantitative estimate of drug-likeness (QED) is 0.829. The molecule has 3 N–H and O–H groups in total. The molecule has 116 valence electrons. The Balaban J connectivity index is 2.76. The summed E-state index contributed by atoms with van der Waals surface area (Å²) in [5, 5.41) is 2.70. The van der Waals surface area contributed by atoms with Crippen molar-refractivity contribution in [2.75, 3.05) is 13.7 Å². The molecule has 0 aliphatic heterocycles. The first-order chi connectivity index (χ1) is 9.76. The average Bonchev–Trinajstić information content (AvgIpc) is 2.42. The number of hydrogen-bond acceptors (Lipinski definition) is 5. The number of esters is 1. The molecule has 1 amide bonds. The van der Waals surface area contributed by atoms with Crippen LogP contribution in [0.3, 0.4) is 0 Å². The smallest absolute Gasteiger partial charge is 0.408 e. The number of hydrogen-bond donors (Lipinski definition) is 2. The van der Waals surface area contributed by atoms with Gasteiger partial charge in [-0.05, 0) is 38.5 Å². The monoisotopic (exact) mass is 294 g/mol. The van der Waals surface area contributed by atoms with Crippen LogP contribution in [0.15, 0.2) is 24.3 Å². The maximum atomic E-state index is 11.8. The Bertz CT molecular complexity index is 491. The van der Waals surface area contributed by atoms with Gasteiger partial charge in [-0.3, -0.25) is 0 Å². The minimum Gasteiger partial charge on any atom is -0.465 e. The second-order valence-corrected chi connectivity index (χ2v) is 5.55. The Kier molecular flexibility index (Phi) is 5.72. The summed E-state index contributed by atoms with van der Waals surface area (Å²) >= 11 is 0. The molecule has 0 heterocycles. The van der Waals surface area contributed by atoms with Crippen molar-refractivity contribution in [3.63, 3.8) is 0 Å². The maximum absolute atomic E-state index is 11.8. The van der Waals surface area contributed by atoms with Crippen molar-refractivity contribution in [3.8, 4) is 0 Å². The molecule has 0 saturated carbocycles. The number of nitrogens with two attached hydrogens (primary N) is 1. The molecule has 0 aliphatic carbocycles. The Labute approximate surface area is 124 Å². The lowest BCUT2D eigenvalue weighted by Gasteiger charge is -2.23. The third kappa shape index (κ3) is 5.43. The van der Waals surface area contributed by atoms with E-state index < -0.39 is 17.7 Å². The molecule has 1 rings (SSSR count). The van der Waals surface area contributed by atoms with E-state index in [1.165, 1.54) is 7.11 Å². The number of amides is 1. The molecule has 0 spiro atoms. The number of nitrogens with one attached hydrogen (secondary N) is 1. The number of methoxy groups -OCH3 is 1. The van der Waals surface area contributed by atoms with E-state index in [0.29, 0.717) is 5.56 Å². The summed E-state index contributed by atoms with van der Waals surface area (Å²) in [7, 11) is 1.32. The zero-order chi connectivity index (χ0) is 16.0. The zero-order valence-corrected chi connectivity index (χ0v) is 12.8. The van der Waals surface area contributed by atoms with Crippen molar-refractivity contribution in [2.45, 2.75) is 32.4 Å². The van der Waals surface area contributed by atoms with Crippen LogP contribution < -0.4 is 11.1 Å². The first-order valence-corrected chi connectivity index (χ1v) is 6.64. The van der Waals surface area contributed by atoms with Gasteiger partial charge < -0.3 is 20.5 Å². The Hall–Kier alpha value is -2.08. The lowest BCUT2D eigenvalue weighted by atomic mass is 10.0. The van der Waals surface area contributed by atoms with Crippen molar-refractivity contribution in [2.24, 2.45) is 5.73 Å². The molecule has 0 aromatic heterocycles. The molecular weight excluding hydrogens is 272 g/mol. The molecule has 1 aromatic carbocycles. The predicted octanol–water partition coefficient (Wildman–Crippen LogP) is 2.00. The molecule has 1 atom stereocenters. The summed E-state index contributed by atoms with van der Waals surface area (Å²) in [4.78, 5) is 23.1. The van der Waals surface area contributed by atoms with Crippen LogP contribution in [0, 0.1) is 0 Å². The van der Waals surface area contributed by atoms with Gasteiger partial charge in [0.25, 0.3) is 0 Å². The summed E-state index contributed by atoms with van der Waals surface area (Å²) in [6.45, 7) is 5.58. The molecule has 6 heteroatoms. The highest BCUT2D eigenvalue weighted by molar-refractivity contribution is 5.89. The standard InChI is InChI=1S/C15H22N2O4/c1-15(2,3)21-14(19)17-12(9-16)10-5-7-11(8-6-10)13(18)20-4/h5-8,12H,9,16H2,1-4H3,(H,17,19)/t12-/m0/s1. The third-order valence-electron chi connectivity index (χ3n) is 2.66. The van der Waals surface area contributed by atoms with Crippen molar-refractivity contribution < 1.29 is 19.1 Å². The SMILES string of the molecule is COC(=O)c1ccc([C@H](CN)NC(=O)OC(C)(C)C)cc1. The van der Waals surface area contributed by atoms with Gasteiger partial charge in [-0.25, -0.2) is 9.59 Å². The summed E-state index contributed by atoms with van der Waals surface area (Å²) in [5.41, 5.74) is 6.33. The summed E-state index contributed by atoms with van der Waals surface area (Å²) < 4.78 is 9.82. The van der Waals surface area contributed by atoms with Gasteiger partial charge in [-0.1, -0.05) is 12.1 Å². The molecular formula is C15H22N2O4. The molecule has 6 nitrogen and oxygen atoms in total. The Morgan fingerprint density at radius 3 is 2.24 bits per heavy atom. The molecule has 0 bridgehead atoms. The van der Waals surface area contributed by atoms with Crippen molar-refractivity contribution in [1.82, 2.24) is 5.32 Å². The Morgan fingerprint density at radius 1 is 1.24 bits per heavy atom. The minimum atomic E-state index is -0.571. The van der Waals surface area contributed by atoms with E-state index >= 15 is 0 Å². The van der Waals surface area contributed by atoms with Gasteiger partial charge in [0.2, 0.25) is 0 Å². The molecule has 0 aliphatic rings. The molecule has 0 unspecified atom stereocenters. The van der Waals surface area contributed by atoms with E-state index in [0.717, 1.165) is 5.56 Å². The second kappa shape index (κ2) is 7.08. The van der Waals surface area contributed by atoms with E-state index in [1.54, 1.807) is 45.0 Å². The van der Waals surface area contributed by atoms with Crippen LogP contribution in [-0.2, 0) is 9.47 Å². The summed E-state index contributed by atoms with van der Waals surface area (Å²) in [6.07, 6.45) is -0.532. The van der Waals surface area contributed by atoms with Gasteiger partial charge >= 0.3 is 12.1 Å². The van der Waals surface area contributed by atoms with Crippen LogP contribution in [0.5, 0.6) is 0 Å². The second-order valence-electron chi connectivity index (χ2n) is 5.55. The topological polar surface area (TPSA) is 90.6 Å². The van der Waals surface area contributed by atoms with Crippen LogP contribution in [0.25, 0.3) is 0 Å². The normalized spacial score (nSPS) is 12.4. The maximum Gasteiger partial charge on any atom is 0.408 e. The van der Waals surface area contributed by atoms with E-state index in [1.807, 2.05) is 0 Å². The average molecular weight is 294 g/mol. The van der Waals surface area contributed by atoms with E-state index in [4.69, 9.17) is 10.5 Å². The number of benzene rings is 1. The number of rotatable bonds is 4. The number of carbonyl (C=O) groups excluding carboxylic acids is 2. The molecule has 21 heavy (non-hydrogen) atoms. The fourth-order valence-corrected chi connectivity index (χ4v) is 1.70. The molecule has 0 radical (unpaired) electrons. The first kappa shape index (κ1) is 17.0. The lowest BCUT2D eigenvalue weighted by Crippen LogP contribution is -2.37. The third-order valence-corrected chi connectivity index (χ3v) is 2.66. The lowest BCUT2D eigenvalue weighted by molar-refractivity contribution is 0.0503. The fourth-order valence-electron chi connectivity index (χ4n) is 1.70. The predicted molar refractivity (Wildman–Crippen MR) is 78.9 cm³/mol. The minimum absolute atomic E-state index is 0.219. The van der Waals surface area contributed by atoms with Crippen LogP contribution in [0.4, 0.5) is 4.79 Å². The van der Waals surface area contributed by atoms with Gasteiger partial charge in [0.15, 0.2) is 0 Å². The van der Waals surface area contributed by atoms with Crippen LogP contribution in [-0.4, -0.2) is 31.3 Å². The van der Waals surface area contributed by atoms with E-state index in [2.05, 4.69) is 10.1 Å². The van der Waals surface area contributed by atoms with Gasteiger partial charge in [-0.15, -0.1) is 0 Å². The molecule has 0 saturated heterocycles.